The van der Waals surface area contributed by atoms with Crippen molar-refractivity contribution in [3.8, 4) is 0 Å². The molecule has 1 saturated heterocycles. The SMILES string of the molecule is CC1CN(c2ccc(Cl)c(C(=O)O)n2)CC1C. The molecule has 0 aliphatic carbocycles. The molecule has 0 radical (unpaired) electrons. The van der Waals surface area contributed by atoms with E-state index in [2.05, 4.69) is 23.7 Å². The number of aromatic carboxylic acids is 1. The molecule has 1 N–H and O–H groups in total. The van der Waals surface area contributed by atoms with Crippen molar-refractivity contribution in [3.05, 3.63) is 22.8 Å². The number of rotatable bonds is 2. The van der Waals surface area contributed by atoms with Gasteiger partial charge in [-0.3, -0.25) is 0 Å². The zero-order valence-corrected chi connectivity index (χ0v) is 10.6. The van der Waals surface area contributed by atoms with Gasteiger partial charge in [-0.1, -0.05) is 25.4 Å². The number of hydrogen-bond donors (Lipinski definition) is 1. The van der Waals surface area contributed by atoms with Crippen LogP contribution in [-0.4, -0.2) is 29.1 Å². The second-order valence-corrected chi connectivity index (χ2v) is 5.07. The Balaban J connectivity index is 2.28. The monoisotopic (exact) mass is 254 g/mol. The van der Waals surface area contributed by atoms with E-state index in [1.165, 1.54) is 0 Å². The molecule has 0 amide bonds. The van der Waals surface area contributed by atoms with Gasteiger partial charge < -0.3 is 10.0 Å². The van der Waals surface area contributed by atoms with Crippen molar-refractivity contribution < 1.29 is 9.90 Å². The maximum Gasteiger partial charge on any atom is 0.356 e. The highest BCUT2D eigenvalue weighted by atomic mass is 35.5. The summed E-state index contributed by atoms with van der Waals surface area (Å²) in [6.07, 6.45) is 0. The van der Waals surface area contributed by atoms with Gasteiger partial charge >= 0.3 is 5.97 Å². The Morgan fingerprint density at radius 2 is 2.00 bits per heavy atom. The number of halogens is 1. The number of anilines is 1. The molecule has 1 aliphatic heterocycles. The molecule has 1 aromatic heterocycles. The van der Waals surface area contributed by atoms with Gasteiger partial charge in [0.1, 0.15) is 5.82 Å². The molecule has 17 heavy (non-hydrogen) atoms. The number of aromatic nitrogens is 1. The topological polar surface area (TPSA) is 53.4 Å². The minimum atomic E-state index is -1.09. The molecular formula is C12H15ClN2O2. The largest absolute Gasteiger partial charge is 0.476 e. The standard InChI is InChI=1S/C12H15ClN2O2/c1-7-5-15(6-8(7)2)10-4-3-9(13)11(14-10)12(16)17/h3-4,7-8H,5-6H2,1-2H3,(H,16,17). The summed E-state index contributed by atoms with van der Waals surface area (Å²) in [7, 11) is 0. The molecule has 0 saturated carbocycles. The van der Waals surface area contributed by atoms with Crippen LogP contribution in [0.5, 0.6) is 0 Å². The third-order valence-corrected chi connectivity index (χ3v) is 3.65. The first kappa shape index (κ1) is 12.2. The predicted octanol–water partition coefficient (Wildman–Crippen LogP) is 2.53. The van der Waals surface area contributed by atoms with E-state index in [9.17, 15) is 4.79 Å². The molecule has 2 atom stereocenters. The van der Waals surface area contributed by atoms with Crippen LogP contribution < -0.4 is 4.90 Å². The van der Waals surface area contributed by atoms with Crippen molar-refractivity contribution in [2.75, 3.05) is 18.0 Å². The first-order valence-electron chi connectivity index (χ1n) is 5.64. The zero-order valence-electron chi connectivity index (χ0n) is 9.85. The molecule has 0 bridgehead atoms. The minimum absolute atomic E-state index is 0.0728. The van der Waals surface area contributed by atoms with Crippen molar-refractivity contribution in [1.82, 2.24) is 4.98 Å². The van der Waals surface area contributed by atoms with Crippen molar-refractivity contribution in [3.63, 3.8) is 0 Å². The highest BCUT2D eigenvalue weighted by Crippen LogP contribution is 2.27. The van der Waals surface area contributed by atoms with Gasteiger partial charge in [0.25, 0.3) is 0 Å². The lowest BCUT2D eigenvalue weighted by Crippen LogP contribution is -2.21. The Labute approximate surface area is 105 Å². The fourth-order valence-electron chi connectivity index (χ4n) is 2.07. The molecule has 1 fully saturated rings. The minimum Gasteiger partial charge on any atom is -0.476 e. The Kier molecular flexibility index (Phi) is 3.24. The zero-order chi connectivity index (χ0) is 12.6. The van der Waals surface area contributed by atoms with Crippen LogP contribution in [-0.2, 0) is 0 Å². The van der Waals surface area contributed by atoms with E-state index in [0.717, 1.165) is 13.1 Å². The smallest absolute Gasteiger partial charge is 0.356 e. The Hall–Kier alpha value is -1.29. The number of nitrogens with zero attached hydrogens (tertiary/aromatic N) is 2. The normalized spacial score (nSPS) is 24.1. The van der Waals surface area contributed by atoms with Crippen LogP contribution in [0.15, 0.2) is 12.1 Å². The number of carboxylic acid groups (broad SMARTS) is 1. The summed E-state index contributed by atoms with van der Waals surface area (Å²) < 4.78 is 0. The van der Waals surface area contributed by atoms with Crippen LogP contribution in [0, 0.1) is 11.8 Å². The van der Waals surface area contributed by atoms with Crippen LogP contribution in [0.2, 0.25) is 5.02 Å². The third kappa shape index (κ3) is 2.36. The van der Waals surface area contributed by atoms with E-state index in [1.54, 1.807) is 12.1 Å². The summed E-state index contributed by atoms with van der Waals surface area (Å²) in [6, 6.07) is 3.38. The average Bonchev–Trinajstić information content (AvgIpc) is 2.59. The van der Waals surface area contributed by atoms with Crippen molar-refractivity contribution in [2.24, 2.45) is 11.8 Å². The molecule has 1 aliphatic rings. The predicted molar refractivity (Wildman–Crippen MR) is 66.7 cm³/mol. The fourth-order valence-corrected chi connectivity index (χ4v) is 2.26. The van der Waals surface area contributed by atoms with Gasteiger partial charge in [-0.2, -0.15) is 0 Å². The summed E-state index contributed by atoms with van der Waals surface area (Å²) >= 11 is 5.79. The first-order valence-corrected chi connectivity index (χ1v) is 6.01. The van der Waals surface area contributed by atoms with Crippen molar-refractivity contribution in [2.45, 2.75) is 13.8 Å². The molecule has 4 nitrogen and oxygen atoms in total. The summed E-state index contributed by atoms with van der Waals surface area (Å²) in [5, 5.41) is 9.15. The number of carbonyl (C=O) groups is 1. The molecule has 0 spiro atoms. The molecule has 92 valence electrons. The van der Waals surface area contributed by atoms with Gasteiger partial charge in [0.15, 0.2) is 5.69 Å². The molecule has 0 aromatic carbocycles. The summed E-state index contributed by atoms with van der Waals surface area (Å²) in [4.78, 5) is 17.2. The highest BCUT2D eigenvalue weighted by Gasteiger charge is 2.27. The van der Waals surface area contributed by atoms with Crippen LogP contribution in [0.3, 0.4) is 0 Å². The second kappa shape index (κ2) is 4.53. The van der Waals surface area contributed by atoms with Crippen LogP contribution in [0.1, 0.15) is 24.3 Å². The molecule has 1 aromatic rings. The quantitative estimate of drug-likeness (QED) is 0.881. The lowest BCUT2D eigenvalue weighted by Gasteiger charge is -2.17. The van der Waals surface area contributed by atoms with Gasteiger partial charge in [-0.25, -0.2) is 9.78 Å². The molecule has 2 rings (SSSR count). The lowest BCUT2D eigenvalue weighted by molar-refractivity contribution is 0.0691. The number of hydrogen-bond acceptors (Lipinski definition) is 3. The van der Waals surface area contributed by atoms with Gasteiger partial charge in [0.2, 0.25) is 0 Å². The van der Waals surface area contributed by atoms with Gasteiger partial charge in [-0.15, -0.1) is 0 Å². The van der Waals surface area contributed by atoms with E-state index in [4.69, 9.17) is 16.7 Å². The van der Waals surface area contributed by atoms with Gasteiger partial charge in [0, 0.05) is 13.1 Å². The highest BCUT2D eigenvalue weighted by molar-refractivity contribution is 6.33. The molecular weight excluding hydrogens is 240 g/mol. The van der Waals surface area contributed by atoms with Crippen LogP contribution in [0.25, 0.3) is 0 Å². The van der Waals surface area contributed by atoms with E-state index in [0.29, 0.717) is 17.7 Å². The second-order valence-electron chi connectivity index (χ2n) is 4.66. The Morgan fingerprint density at radius 1 is 1.41 bits per heavy atom. The van der Waals surface area contributed by atoms with E-state index >= 15 is 0 Å². The Bertz CT molecular complexity index is 440. The van der Waals surface area contributed by atoms with E-state index < -0.39 is 5.97 Å². The summed E-state index contributed by atoms with van der Waals surface area (Å²) in [6.45, 7) is 6.21. The lowest BCUT2D eigenvalue weighted by atomic mass is 10.0. The van der Waals surface area contributed by atoms with Gasteiger partial charge in [-0.05, 0) is 24.0 Å². The van der Waals surface area contributed by atoms with Crippen LogP contribution in [0.4, 0.5) is 5.82 Å². The maximum atomic E-state index is 11.0. The van der Waals surface area contributed by atoms with Crippen molar-refractivity contribution in [1.29, 1.82) is 0 Å². The first-order chi connectivity index (χ1) is 7.99. The summed E-state index contributed by atoms with van der Waals surface area (Å²) in [5.74, 6) is 0.807. The average molecular weight is 255 g/mol. The number of pyridine rings is 1. The maximum absolute atomic E-state index is 11.0. The Morgan fingerprint density at radius 3 is 2.53 bits per heavy atom. The fraction of sp³-hybridized carbons (Fsp3) is 0.500. The van der Waals surface area contributed by atoms with Gasteiger partial charge in [0.05, 0.1) is 5.02 Å². The molecule has 2 unspecified atom stereocenters. The molecule has 5 heteroatoms. The third-order valence-electron chi connectivity index (χ3n) is 3.35. The van der Waals surface area contributed by atoms with E-state index in [-0.39, 0.29) is 10.7 Å². The summed E-state index contributed by atoms with van der Waals surface area (Å²) in [5.41, 5.74) is -0.0728. The van der Waals surface area contributed by atoms with Crippen molar-refractivity contribution >= 4 is 23.4 Å². The number of carboxylic acids is 1. The van der Waals surface area contributed by atoms with E-state index in [1.807, 2.05) is 0 Å². The molecule has 2 heterocycles. The van der Waals surface area contributed by atoms with Crippen LogP contribution >= 0.6 is 11.6 Å².